The van der Waals surface area contributed by atoms with Crippen LogP contribution in [-0.2, 0) is 17.8 Å². The summed E-state index contributed by atoms with van der Waals surface area (Å²) in [7, 11) is 0. The van der Waals surface area contributed by atoms with Gasteiger partial charge in [-0.2, -0.15) is 0 Å². The Morgan fingerprint density at radius 2 is 2.25 bits per heavy atom. The standard InChI is InChI=1S/C13H18N4O2S/c1-8(15-16-14)10-5-9-6-17(7-11(9)20-10)12(18)19-13(2,3)4/h5,8H,6-7H2,1-4H3. The van der Waals surface area contributed by atoms with Crippen LogP contribution in [0.4, 0.5) is 4.79 Å². The average Bonchev–Trinajstić information content (AvgIpc) is 2.83. The topological polar surface area (TPSA) is 78.3 Å². The molecule has 1 unspecified atom stereocenters. The van der Waals surface area contributed by atoms with E-state index in [4.69, 9.17) is 10.3 Å². The molecule has 0 saturated heterocycles. The molecule has 20 heavy (non-hydrogen) atoms. The Bertz CT molecular complexity index is 546. The van der Waals surface area contributed by atoms with Crippen LogP contribution in [-0.4, -0.2) is 16.6 Å². The summed E-state index contributed by atoms with van der Waals surface area (Å²) >= 11 is 1.59. The third-order valence-electron chi connectivity index (χ3n) is 2.90. The number of carbonyl (C=O) groups is 1. The summed E-state index contributed by atoms with van der Waals surface area (Å²) in [5.74, 6) is 0. The number of rotatable bonds is 2. The number of carbonyl (C=O) groups excluding carboxylic acids is 1. The van der Waals surface area contributed by atoms with Gasteiger partial charge in [-0.05, 0) is 37.9 Å². The van der Waals surface area contributed by atoms with Crippen LogP contribution in [0.25, 0.3) is 10.4 Å². The number of thiophene rings is 1. The van der Waals surface area contributed by atoms with E-state index in [1.54, 1.807) is 16.2 Å². The molecule has 1 aromatic rings. The van der Waals surface area contributed by atoms with Gasteiger partial charge in [-0.1, -0.05) is 12.0 Å². The fourth-order valence-corrected chi connectivity index (χ4v) is 3.17. The minimum atomic E-state index is -0.478. The Hall–Kier alpha value is -1.72. The first kappa shape index (κ1) is 14.7. The highest BCUT2D eigenvalue weighted by molar-refractivity contribution is 7.12. The van der Waals surface area contributed by atoms with Crippen molar-refractivity contribution in [3.63, 3.8) is 0 Å². The van der Waals surface area contributed by atoms with Gasteiger partial charge in [0.05, 0.1) is 19.1 Å². The average molecular weight is 294 g/mol. The van der Waals surface area contributed by atoms with Gasteiger partial charge in [0.15, 0.2) is 0 Å². The molecule has 2 rings (SSSR count). The van der Waals surface area contributed by atoms with Crippen molar-refractivity contribution in [3.8, 4) is 0 Å². The Balaban J connectivity index is 2.04. The number of hydrogen-bond donors (Lipinski definition) is 0. The van der Waals surface area contributed by atoms with Crippen LogP contribution >= 0.6 is 11.3 Å². The van der Waals surface area contributed by atoms with Crippen LogP contribution in [0.2, 0.25) is 0 Å². The summed E-state index contributed by atoms with van der Waals surface area (Å²) in [6.07, 6.45) is -0.287. The molecule has 0 aromatic carbocycles. The summed E-state index contributed by atoms with van der Waals surface area (Å²) in [5.41, 5.74) is 9.11. The molecule has 0 bridgehead atoms. The lowest BCUT2D eigenvalue weighted by molar-refractivity contribution is 0.0242. The summed E-state index contributed by atoms with van der Waals surface area (Å²) in [4.78, 5) is 18.7. The zero-order valence-electron chi connectivity index (χ0n) is 12.1. The molecule has 108 valence electrons. The lowest BCUT2D eigenvalue weighted by Crippen LogP contribution is -2.33. The van der Waals surface area contributed by atoms with Crippen LogP contribution in [0, 0.1) is 0 Å². The van der Waals surface area contributed by atoms with Crippen LogP contribution in [0.5, 0.6) is 0 Å². The molecule has 1 aliphatic rings. The molecule has 6 nitrogen and oxygen atoms in total. The number of fused-ring (bicyclic) bond motifs is 1. The van der Waals surface area contributed by atoms with Crippen LogP contribution < -0.4 is 0 Å². The van der Waals surface area contributed by atoms with Gasteiger partial charge in [0.25, 0.3) is 0 Å². The zero-order valence-corrected chi connectivity index (χ0v) is 12.9. The maximum absolute atomic E-state index is 12.0. The highest BCUT2D eigenvalue weighted by Crippen LogP contribution is 2.35. The zero-order chi connectivity index (χ0) is 14.9. The molecule has 0 N–H and O–H groups in total. The predicted octanol–water partition coefficient (Wildman–Crippen LogP) is 4.37. The molecule has 0 radical (unpaired) electrons. The molecule has 7 heteroatoms. The SMILES string of the molecule is CC(N=[N+]=[N-])c1cc2c(s1)CN(C(=O)OC(C)(C)C)C2. The van der Waals surface area contributed by atoms with Crippen LogP contribution in [0.15, 0.2) is 11.2 Å². The summed E-state index contributed by atoms with van der Waals surface area (Å²) in [6.45, 7) is 8.57. The van der Waals surface area contributed by atoms with Crippen molar-refractivity contribution in [2.24, 2.45) is 5.11 Å². The Kier molecular flexibility index (Phi) is 3.92. The molecule has 0 fully saturated rings. The van der Waals surface area contributed by atoms with E-state index < -0.39 is 5.60 Å². The van der Waals surface area contributed by atoms with E-state index in [1.165, 1.54) is 0 Å². The maximum Gasteiger partial charge on any atom is 0.410 e. The molecule has 1 amide bonds. The fraction of sp³-hybridized carbons (Fsp3) is 0.615. The van der Waals surface area contributed by atoms with Crippen molar-refractivity contribution in [1.82, 2.24) is 4.90 Å². The fourth-order valence-electron chi connectivity index (χ4n) is 1.99. The van der Waals surface area contributed by atoms with Gasteiger partial charge in [-0.15, -0.1) is 11.3 Å². The number of ether oxygens (including phenoxy) is 1. The van der Waals surface area contributed by atoms with Crippen molar-refractivity contribution in [3.05, 3.63) is 31.8 Å². The minimum absolute atomic E-state index is 0.162. The number of amides is 1. The van der Waals surface area contributed by atoms with Gasteiger partial charge in [0.2, 0.25) is 0 Å². The highest BCUT2D eigenvalue weighted by Gasteiger charge is 2.29. The molecular formula is C13H18N4O2S. The lowest BCUT2D eigenvalue weighted by Gasteiger charge is -2.24. The number of hydrogen-bond acceptors (Lipinski definition) is 4. The largest absolute Gasteiger partial charge is 0.444 e. The molecule has 0 aliphatic carbocycles. The first-order chi connectivity index (χ1) is 9.30. The quantitative estimate of drug-likeness (QED) is 0.461. The van der Waals surface area contributed by atoms with E-state index >= 15 is 0 Å². The van der Waals surface area contributed by atoms with Gasteiger partial charge in [0.1, 0.15) is 5.60 Å². The van der Waals surface area contributed by atoms with Gasteiger partial charge in [-0.25, -0.2) is 4.79 Å². The summed E-state index contributed by atoms with van der Waals surface area (Å²) in [5, 5.41) is 3.70. The first-order valence-electron chi connectivity index (χ1n) is 6.44. The van der Waals surface area contributed by atoms with Gasteiger partial charge < -0.3 is 4.74 Å². The van der Waals surface area contributed by atoms with Crippen molar-refractivity contribution >= 4 is 17.4 Å². The molecular weight excluding hydrogens is 276 g/mol. The van der Waals surface area contributed by atoms with Crippen LogP contribution in [0.3, 0.4) is 0 Å². The molecule has 0 spiro atoms. The maximum atomic E-state index is 12.0. The van der Waals surface area contributed by atoms with E-state index in [9.17, 15) is 4.79 Å². The van der Waals surface area contributed by atoms with E-state index in [1.807, 2.05) is 33.8 Å². The van der Waals surface area contributed by atoms with Crippen molar-refractivity contribution in [1.29, 1.82) is 0 Å². The molecule has 0 saturated carbocycles. The van der Waals surface area contributed by atoms with E-state index in [0.29, 0.717) is 13.1 Å². The Morgan fingerprint density at radius 1 is 1.55 bits per heavy atom. The number of azide groups is 1. The highest BCUT2D eigenvalue weighted by atomic mass is 32.1. The summed E-state index contributed by atoms with van der Waals surface area (Å²) < 4.78 is 5.36. The Morgan fingerprint density at radius 3 is 2.80 bits per heavy atom. The van der Waals surface area contributed by atoms with E-state index in [2.05, 4.69) is 10.0 Å². The monoisotopic (exact) mass is 294 g/mol. The molecule has 1 atom stereocenters. The van der Waals surface area contributed by atoms with Crippen molar-refractivity contribution in [2.75, 3.05) is 0 Å². The third-order valence-corrected chi connectivity index (χ3v) is 4.23. The second kappa shape index (κ2) is 5.34. The normalized spacial score (nSPS) is 15.5. The van der Waals surface area contributed by atoms with E-state index in [0.717, 1.165) is 15.3 Å². The smallest absolute Gasteiger partial charge is 0.410 e. The molecule has 1 aromatic heterocycles. The first-order valence-corrected chi connectivity index (χ1v) is 7.25. The van der Waals surface area contributed by atoms with Gasteiger partial charge in [-0.3, -0.25) is 4.90 Å². The number of nitrogens with zero attached hydrogens (tertiary/aromatic N) is 4. The molecule has 1 aliphatic heterocycles. The van der Waals surface area contributed by atoms with Gasteiger partial charge in [0, 0.05) is 14.7 Å². The second-order valence-corrected chi connectivity index (χ2v) is 6.98. The summed E-state index contributed by atoms with van der Waals surface area (Å²) in [6, 6.07) is 1.86. The molecule has 2 heterocycles. The Labute approximate surface area is 122 Å². The predicted molar refractivity (Wildman–Crippen MR) is 77.4 cm³/mol. The van der Waals surface area contributed by atoms with Gasteiger partial charge >= 0.3 is 6.09 Å². The van der Waals surface area contributed by atoms with Crippen LogP contribution in [0.1, 0.15) is 49.1 Å². The lowest BCUT2D eigenvalue weighted by atomic mass is 10.2. The van der Waals surface area contributed by atoms with Crippen molar-refractivity contribution < 1.29 is 9.53 Å². The van der Waals surface area contributed by atoms with Crippen molar-refractivity contribution in [2.45, 2.75) is 52.4 Å². The third kappa shape index (κ3) is 3.23. The van der Waals surface area contributed by atoms with E-state index in [-0.39, 0.29) is 12.1 Å². The second-order valence-electron chi connectivity index (χ2n) is 5.81. The minimum Gasteiger partial charge on any atom is -0.444 e.